The summed E-state index contributed by atoms with van der Waals surface area (Å²) in [5, 5.41) is 11.8. The number of carboxylic acids is 1. The van der Waals surface area contributed by atoms with Crippen molar-refractivity contribution < 1.29 is 14.7 Å². The minimum absolute atomic E-state index is 0.112. The highest BCUT2D eigenvalue weighted by molar-refractivity contribution is 5.92. The number of carboxylic acid groups (broad SMARTS) is 1. The molecule has 0 aliphatic carbocycles. The zero-order valence-corrected chi connectivity index (χ0v) is 12.7. The van der Waals surface area contributed by atoms with Crippen LogP contribution >= 0.6 is 0 Å². The molecule has 5 heteroatoms. The van der Waals surface area contributed by atoms with Gasteiger partial charge in [-0.15, -0.1) is 0 Å². The van der Waals surface area contributed by atoms with E-state index in [2.05, 4.69) is 19.2 Å². The van der Waals surface area contributed by atoms with Crippen molar-refractivity contribution >= 4 is 17.7 Å². The highest BCUT2D eigenvalue weighted by atomic mass is 16.4. The average Bonchev–Trinajstić information content (AvgIpc) is 2.39. The molecule has 1 aromatic rings. The zero-order chi connectivity index (χ0) is 15.6. The molecule has 1 heterocycles. The number of rotatable bonds is 2. The Balaban J connectivity index is 2.07. The van der Waals surface area contributed by atoms with Crippen molar-refractivity contribution in [2.75, 3.05) is 18.4 Å². The minimum Gasteiger partial charge on any atom is -0.478 e. The van der Waals surface area contributed by atoms with Crippen LogP contribution in [0.2, 0.25) is 0 Å². The summed E-state index contributed by atoms with van der Waals surface area (Å²) < 4.78 is 0. The maximum atomic E-state index is 12.3. The molecule has 0 spiro atoms. The number of benzene rings is 1. The van der Waals surface area contributed by atoms with Crippen LogP contribution in [0.3, 0.4) is 0 Å². The summed E-state index contributed by atoms with van der Waals surface area (Å²) in [5.41, 5.74) is 1.64. The van der Waals surface area contributed by atoms with Crippen molar-refractivity contribution in [3.8, 4) is 0 Å². The predicted octanol–water partition coefficient (Wildman–Crippen LogP) is 3.20. The SMILES string of the molecule is Cc1cc(C(=O)O)ccc1NC(=O)N1CC(C)CC(C)C1. The summed E-state index contributed by atoms with van der Waals surface area (Å²) in [4.78, 5) is 25.1. The fraction of sp³-hybridized carbons (Fsp3) is 0.500. The van der Waals surface area contributed by atoms with Gasteiger partial charge in [0.1, 0.15) is 0 Å². The fourth-order valence-electron chi connectivity index (χ4n) is 2.96. The van der Waals surface area contributed by atoms with E-state index in [0.717, 1.165) is 25.1 Å². The number of aryl methyl sites for hydroxylation is 1. The smallest absolute Gasteiger partial charge is 0.335 e. The van der Waals surface area contributed by atoms with Crippen molar-refractivity contribution in [3.05, 3.63) is 29.3 Å². The summed E-state index contributed by atoms with van der Waals surface area (Å²) in [6, 6.07) is 4.61. The van der Waals surface area contributed by atoms with Crippen molar-refractivity contribution in [1.29, 1.82) is 0 Å². The number of carbonyl (C=O) groups excluding carboxylic acids is 1. The lowest BCUT2D eigenvalue weighted by molar-refractivity contribution is 0.0697. The van der Waals surface area contributed by atoms with E-state index in [4.69, 9.17) is 5.11 Å². The molecule has 2 unspecified atom stereocenters. The van der Waals surface area contributed by atoms with Gasteiger partial charge in [-0.25, -0.2) is 9.59 Å². The van der Waals surface area contributed by atoms with E-state index < -0.39 is 5.97 Å². The summed E-state index contributed by atoms with van der Waals surface area (Å²) in [7, 11) is 0. The summed E-state index contributed by atoms with van der Waals surface area (Å²) >= 11 is 0. The van der Waals surface area contributed by atoms with Crippen LogP contribution in [-0.4, -0.2) is 35.1 Å². The van der Waals surface area contributed by atoms with Crippen LogP contribution in [-0.2, 0) is 0 Å². The number of carbonyl (C=O) groups is 2. The number of hydrogen-bond acceptors (Lipinski definition) is 2. The monoisotopic (exact) mass is 290 g/mol. The maximum Gasteiger partial charge on any atom is 0.335 e. The van der Waals surface area contributed by atoms with Crippen LogP contribution in [0.5, 0.6) is 0 Å². The van der Waals surface area contributed by atoms with Crippen molar-refractivity contribution in [3.63, 3.8) is 0 Å². The molecule has 1 aliphatic heterocycles. The van der Waals surface area contributed by atoms with Gasteiger partial charge >= 0.3 is 12.0 Å². The Morgan fingerprint density at radius 1 is 1.24 bits per heavy atom. The first-order valence-corrected chi connectivity index (χ1v) is 7.26. The number of nitrogens with one attached hydrogen (secondary N) is 1. The average molecular weight is 290 g/mol. The normalized spacial score (nSPS) is 22.0. The highest BCUT2D eigenvalue weighted by Gasteiger charge is 2.25. The van der Waals surface area contributed by atoms with Gasteiger partial charge in [0, 0.05) is 18.8 Å². The number of amides is 2. The molecule has 0 radical (unpaired) electrons. The van der Waals surface area contributed by atoms with Crippen LogP contribution < -0.4 is 5.32 Å². The first kappa shape index (κ1) is 15.4. The lowest BCUT2D eigenvalue weighted by Crippen LogP contribution is -2.44. The van der Waals surface area contributed by atoms with Gasteiger partial charge in [-0.2, -0.15) is 0 Å². The van der Waals surface area contributed by atoms with Gasteiger partial charge in [-0.05, 0) is 48.9 Å². The van der Waals surface area contributed by atoms with E-state index in [1.54, 1.807) is 19.1 Å². The Bertz CT molecular complexity index is 546. The van der Waals surface area contributed by atoms with E-state index in [1.165, 1.54) is 6.07 Å². The third kappa shape index (κ3) is 3.74. The maximum absolute atomic E-state index is 12.3. The summed E-state index contributed by atoms with van der Waals surface area (Å²) in [6.07, 6.45) is 1.15. The molecule has 0 saturated carbocycles. The lowest BCUT2D eigenvalue weighted by atomic mass is 9.92. The van der Waals surface area contributed by atoms with Crippen LogP contribution in [0.15, 0.2) is 18.2 Å². The van der Waals surface area contributed by atoms with Crippen molar-refractivity contribution in [2.45, 2.75) is 27.2 Å². The van der Waals surface area contributed by atoms with Gasteiger partial charge in [0.25, 0.3) is 0 Å². The molecule has 2 N–H and O–H groups in total. The number of anilines is 1. The fourth-order valence-corrected chi connectivity index (χ4v) is 2.96. The third-order valence-corrected chi connectivity index (χ3v) is 3.87. The molecule has 1 fully saturated rings. The van der Waals surface area contributed by atoms with Crippen LogP contribution in [0.4, 0.5) is 10.5 Å². The summed E-state index contributed by atoms with van der Waals surface area (Å²) in [6.45, 7) is 7.64. The van der Waals surface area contributed by atoms with E-state index in [-0.39, 0.29) is 11.6 Å². The number of hydrogen-bond donors (Lipinski definition) is 2. The standard InChI is InChI=1S/C16H22N2O3/c1-10-6-11(2)9-18(8-10)16(21)17-14-5-4-13(15(19)20)7-12(14)3/h4-5,7,10-11H,6,8-9H2,1-3H3,(H,17,21)(H,19,20). The van der Waals surface area contributed by atoms with E-state index in [0.29, 0.717) is 17.5 Å². The number of aromatic carboxylic acids is 1. The number of likely N-dealkylation sites (tertiary alicyclic amines) is 1. The van der Waals surface area contributed by atoms with Crippen LogP contribution in [0.25, 0.3) is 0 Å². The minimum atomic E-state index is -0.963. The topological polar surface area (TPSA) is 69.6 Å². The second-order valence-electron chi connectivity index (χ2n) is 6.12. The Morgan fingerprint density at radius 3 is 2.38 bits per heavy atom. The molecule has 0 aromatic heterocycles. The Labute approximate surface area is 125 Å². The molecular formula is C16H22N2O3. The van der Waals surface area contributed by atoms with Crippen LogP contribution in [0.1, 0.15) is 36.2 Å². The Morgan fingerprint density at radius 2 is 1.86 bits per heavy atom. The van der Waals surface area contributed by atoms with E-state index >= 15 is 0 Å². The predicted molar refractivity (Wildman–Crippen MR) is 81.7 cm³/mol. The second-order valence-corrected chi connectivity index (χ2v) is 6.12. The molecule has 114 valence electrons. The van der Waals surface area contributed by atoms with Crippen molar-refractivity contribution in [1.82, 2.24) is 4.90 Å². The van der Waals surface area contributed by atoms with Gasteiger partial charge in [0.2, 0.25) is 0 Å². The first-order valence-electron chi connectivity index (χ1n) is 7.26. The first-order chi connectivity index (χ1) is 9.86. The molecule has 1 aromatic carbocycles. The molecular weight excluding hydrogens is 268 g/mol. The van der Waals surface area contributed by atoms with Gasteiger partial charge in [0.15, 0.2) is 0 Å². The number of piperidine rings is 1. The third-order valence-electron chi connectivity index (χ3n) is 3.87. The van der Waals surface area contributed by atoms with Crippen LogP contribution in [0, 0.1) is 18.8 Å². The quantitative estimate of drug-likeness (QED) is 0.878. The molecule has 1 aliphatic rings. The van der Waals surface area contributed by atoms with Gasteiger partial charge in [-0.1, -0.05) is 13.8 Å². The van der Waals surface area contributed by atoms with E-state index in [1.807, 2.05) is 4.90 Å². The van der Waals surface area contributed by atoms with E-state index in [9.17, 15) is 9.59 Å². The lowest BCUT2D eigenvalue weighted by Gasteiger charge is -2.35. The summed E-state index contributed by atoms with van der Waals surface area (Å²) in [5.74, 6) is 0.0552. The second kappa shape index (κ2) is 6.16. The molecule has 2 amide bonds. The molecule has 5 nitrogen and oxygen atoms in total. The Hall–Kier alpha value is -2.04. The highest BCUT2D eigenvalue weighted by Crippen LogP contribution is 2.23. The molecule has 1 saturated heterocycles. The molecule has 2 atom stereocenters. The number of nitrogens with zero attached hydrogens (tertiary/aromatic N) is 1. The van der Waals surface area contributed by atoms with Gasteiger partial charge in [-0.3, -0.25) is 0 Å². The molecule has 0 bridgehead atoms. The largest absolute Gasteiger partial charge is 0.478 e. The van der Waals surface area contributed by atoms with Gasteiger partial charge < -0.3 is 15.3 Å². The zero-order valence-electron chi connectivity index (χ0n) is 12.7. The molecule has 21 heavy (non-hydrogen) atoms. The molecule has 2 rings (SSSR count). The Kier molecular flexibility index (Phi) is 4.50. The number of urea groups is 1. The van der Waals surface area contributed by atoms with Gasteiger partial charge in [0.05, 0.1) is 5.56 Å². The van der Waals surface area contributed by atoms with Crippen molar-refractivity contribution in [2.24, 2.45) is 11.8 Å².